The maximum Gasteiger partial charge on any atom is 0.254 e. The molecule has 122 valence electrons. The highest BCUT2D eigenvalue weighted by Crippen LogP contribution is 2.13. The first kappa shape index (κ1) is 17.2. The summed E-state index contributed by atoms with van der Waals surface area (Å²) >= 11 is 0. The van der Waals surface area contributed by atoms with E-state index in [0.29, 0.717) is 18.7 Å². The molecule has 0 aromatic heterocycles. The number of amides is 1. The van der Waals surface area contributed by atoms with Crippen molar-refractivity contribution in [2.75, 3.05) is 13.2 Å². The molecule has 4 nitrogen and oxygen atoms in total. The van der Waals surface area contributed by atoms with Crippen LogP contribution in [0.3, 0.4) is 0 Å². The third-order valence-corrected chi connectivity index (χ3v) is 3.73. The van der Waals surface area contributed by atoms with Gasteiger partial charge in [0.2, 0.25) is 0 Å². The Morgan fingerprint density at radius 1 is 1.00 bits per heavy atom. The highest BCUT2D eigenvalue weighted by Gasteiger charge is 2.18. The summed E-state index contributed by atoms with van der Waals surface area (Å²) in [6, 6.07) is 16.8. The maximum atomic E-state index is 12.8. The first-order valence-corrected chi connectivity index (χ1v) is 7.78. The summed E-state index contributed by atoms with van der Waals surface area (Å²) in [6.45, 7) is 2.92. The van der Waals surface area contributed by atoms with Crippen LogP contribution in [0.2, 0.25) is 0 Å². The minimum Gasteiger partial charge on any atom is -0.396 e. The summed E-state index contributed by atoms with van der Waals surface area (Å²) in [5, 5.41) is 18.4. The molecule has 0 saturated carbocycles. The fourth-order valence-corrected chi connectivity index (χ4v) is 2.39. The van der Waals surface area contributed by atoms with Crippen molar-refractivity contribution in [3.05, 3.63) is 71.3 Å². The fraction of sp³-hybridized carbons (Fsp3) is 0.316. The topological polar surface area (TPSA) is 60.8 Å². The molecule has 4 heteroatoms. The fourth-order valence-electron chi connectivity index (χ4n) is 2.39. The Balaban J connectivity index is 2.18. The van der Waals surface area contributed by atoms with E-state index < -0.39 is 0 Å². The zero-order valence-corrected chi connectivity index (χ0v) is 13.4. The highest BCUT2D eigenvalue weighted by molar-refractivity contribution is 5.94. The van der Waals surface area contributed by atoms with Crippen molar-refractivity contribution >= 4 is 5.91 Å². The zero-order chi connectivity index (χ0) is 16.7. The SMILES string of the molecule is C[C@H](CO)CN(Cc1ccccc1)C(=O)c1ccc(CO)cc1. The van der Waals surface area contributed by atoms with Crippen molar-refractivity contribution in [1.82, 2.24) is 4.90 Å². The zero-order valence-electron chi connectivity index (χ0n) is 13.4. The molecule has 0 heterocycles. The molecule has 2 N–H and O–H groups in total. The summed E-state index contributed by atoms with van der Waals surface area (Å²) < 4.78 is 0. The van der Waals surface area contributed by atoms with E-state index in [4.69, 9.17) is 5.11 Å². The summed E-state index contributed by atoms with van der Waals surface area (Å²) in [5.74, 6) is -0.0574. The first-order chi connectivity index (χ1) is 11.1. The lowest BCUT2D eigenvalue weighted by Gasteiger charge is -2.25. The van der Waals surface area contributed by atoms with Gasteiger partial charge in [-0.3, -0.25) is 4.79 Å². The lowest BCUT2D eigenvalue weighted by molar-refractivity contribution is 0.0694. The molecule has 0 unspecified atom stereocenters. The van der Waals surface area contributed by atoms with E-state index in [1.165, 1.54) is 0 Å². The van der Waals surface area contributed by atoms with Gasteiger partial charge in [0, 0.05) is 25.3 Å². The minimum atomic E-state index is -0.0707. The van der Waals surface area contributed by atoms with Crippen LogP contribution in [0.4, 0.5) is 0 Å². The average molecular weight is 313 g/mol. The van der Waals surface area contributed by atoms with E-state index in [-0.39, 0.29) is 25.0 Å². The molecule has 0 fully saturated rings. The van der Waals surface area contributed by atoms with Crippen molar-refractivity contribution in [3.63, 3.8) is 0 Å². The lowest BCUT2D eigenvalue weighted by Crippen LogP contribution is -2.35. The standard InChI is InChI=1S/C19H23NO3/c1-15(13-21)11-20(12-16-5-3-2-4-6-16)19(23)18-9-7-17(14-22)8-10-18/h2-10,15,21-22H,11-14H2,1H3/t15-/m0/s1. The second kappa shape index (κ2) is 8.46. The van der Waals surface area contributed by atoms with E-state index in [1.807, 2.05) is 37.3 Å². The predicted molar refractivity (Wildman–Crippen MR) is 89.8 cm³/mol. The number of rotatable bonds is 7. The van der Waals surface area contributed by atoms with E-state index in [0.717, 1.165) is 11.1 Å². The molecule has 0 aliphatic heterocycles. The normalized spacial score (nSPS) is 12.0. The molecule has 0 aliphatic carbocycles. The summed E-state index contributed by atoms with van der Waals surface area (Å²) in [7, 11) is 0. The third-order valence-electron chi connectivity index (χ3n) is 3.73. The van der Waals surface area contributed by atoms with Crippen molar-refractivity contribution < 1.29 is 15.0 Å². The van der Waals surface area contributed by atoms with Gasteiger partial charge in [0.1, 0.15) is 0 Å². The Bertz CT molecular complexity index is 610. The van der Waals surface area contributed by atoms with Crippen LogP contribution in [0, 0.1) is 5.92 Å². The largest absolute Gasteiger partial charge is 0.396 e. The molecule has 23 heavy (non-hydrogen) atoms. The molecule has 0 spiro atoms. The van der Waals surface area contributed by atoms with Crippen LogP contribution in [-0.2, 0) is 13.2 Å². The monoisotopic (exact) mass is 313 g/mol. The van der Waals surface area contributed by atoms with E-state index >= 15 is 0 Å². The second-order valence-electron chi connectivity index (χ2n) is 5.81. The lowest BCUT2D eigenvalue weighted by atomic mass is 10.1. The predicted octanol–water partition coefficient (Wildman–Crippen LogP) is 2.45. The molecule has 0 aliphatic rings. The van der Waals surface area contributed by atoms with E-state index in [2.05, 4.69) is 0 Å². The third kappa shape index (κ3) is 4.91. The van der Waals surface area contributed by atoms with Gasteiger partial charge in [0.05, 0.1) is 6.61 Å². The van der Waals surface area contributed by atoms with Gasteiger partial charge < -0.3 is 15.1 Å². The Morgan fingerprint density at radius 2 is 1.65 bits per heavy atom. The summed E-state index contributed by atoms with van der Waals surface area (Å²) in [5.41, 5.74) is 2.42. The Morgan fingerprint density at radius 3 is 2.22 bits per heavy atom. The van der Waals surface area contributed by atoms with Crippen LogP contribution < -0.4 is 0 Å². The molecular formula is C19H23NO3. The number of nitrogens with zero attached hydrogens (tertiary/aromatic N) is 1. The molecule has 0 saturated heterocycles. The van der Waals surface area contributed by atoms with E-state index in [1.54, 1.807) is 29.2 Å². The number of benzene rings is 2. The number of aliphatic hydroxyl groups excluding tert-OH is 2. The molecule has 1 atom stereocenters. The van der Waals surface area contributed by atoms with Gasteiger partial charge in [-0.25, -0.2) is 0 Å². The number of carbonyl (C=O) groups excluding carboxylic acids is 1. The van der Waals surface area contributed by atoms with Crippen molar-refractivity contribution in [2.45, 2.75) is 20.1 Å². The second-order valence-corrected chi connectivity index (χ2v) is 5.81. The van der Waals surface area contributed by atoms with Gasteiger partial charge in [-0.05, 0) is 29.2 Å². The maximum absolute atomic E-state index is 12.8. The summed E-state index contributed by atoms with van der Waals surface area (Å²) in [6.07, 6.45) is 0. The van der Waals surface area contributed by atoms with Gasteiger partial charge in [0.15, 0.2) is 0 Å². The van der Waals surface area contributed by atoms with Gasteiger partial charge in [-0.2, -0.15) is 0 Å². The Labute approximate surface area is 137 Å². The van der Waals surface area contributed by atoms with Crippen LogP contribution in [0.25, 0.3) is 0 Å². The van der Waals surface area contributed by atoms with Crippen LogP contribution in [0.15, 0.2) is 54.6 Å². The van der Waals surface area contributed by atoms with Crippen molar-refractivity contribution in [1.29, 1.82) is 0 Å². The smallest absolute Gasteiger partial charge is 0.254 e. The number of carbonyl (C=O) groups is 1. The molecule has 2 aromatic carbocycles. The molecule has 0 bridgehead atoms. The molecule has 2 rings (SSSR count). The van der Waals surface area contributed by atoms with Gasteiger partial charge in [-0.15, -0.1) is 0 Å². The van der Waals surface area contributed by atoms with Gasteiger partial charge in [-0.1, -0.05) is 49.4 Å². The number of hydrogen-bond acceptors (Lipinski definition) is 3. The van der Waals surface area contributed by atoms with Crippen molar-refractivity contribution in [3.8, 4) is 0 Å². The average Bonchev–Trinajstić information content (AvgIpc) is 2.61. The first-order valence-electron chi connectivity index (χ1n) is 7.78. The molecular weight excluding hydrogens is 290 g/mol. The van der Waals surface area contributed by atoms with E-state index in [9.17, 15) is 9.90 Å². The summed E-state index contributed by atoms with van der Waals surface area (Å²) in [4.78, 5) is 14.5. The van der Waals surface area contributed by atoms with Crippen LogP contribution in [0.1, 0.15) is 28.4 Å². The molecule has 1 amide bonds. The molecule has 2 aromatic rings. The Kier molecular flexibility index (Phi) is 6.32. The quantitative estimate of drug-likeness (QED) is 0.825. The Hall–Kier alpha value is -2.17. The van der Waals surface area contributed by atoms with Gasteiger partial charge in [0.25, 0.3) is 5.91 Å². The number of aliphatic hydroxyl groups is 2. The molecule has 0 radical (unpaired) electrons. The van der Waals surface area contributed by atoms with Crippen molar-refractivity contribution in [2.24, 2.45) is 5.92 Å². The van der Waals surface area contributed by atoms with Crippen LogP contribution in [-0.4, -0.2) is 34.2 Å². The number of hydrogen-bond donors (Lipinski definition) is 2. The minimum absolute atomic E-state index is 0.0133. The van der Waals surface area contributed by atoms with Crippen LogP contribution >= 0.6 is 0 Å². The van der Waals surface area contributed by atoms with Crippen LogP contribution in [0.5, 0.6) is 0 Å². The van der Waals surface area contributed by atoms with Gasteiger partial charge >= 0.3 is 0 Å². The highest BCUT2D eigenvalue weighted by atomic mass is 16.3.